The van der Waals surface area contributed by atoms with Gasteiger partial charge in [-0.05, 0) is 45.4 Å². The smallest absolute Gasteiger partial charge is 0.337 e. The van der Waals surface area contributed by atoms with Gasteiger partial charge in [0.1, 0.15) is 0 Å². The van der Waals surface area contributed by atoms with Crippen molar-refractivity contribution >= 4 is 23.3 Å². The molecule has 6 nitrogen and oxygen atoms in total. The molecule has 1 rings (SSSR count). The summed E-state index contributed by atoms with van der Waals surface area (Å²) in [5, 5.41) is 14.8. The van der Waals surface area contributed by atoms with Gasteiger partial charge in [0.2, 0.25) is 5.91 Å². The number of amides is 1. The highest BCUT2D eigenvalue weighted by Crippen LogP contribution is 2.22. The normalized spacial score (nSPS) is 11.0. The Kier molecular flexibility index (Phi) is 4.60. The van der Waals surface area contributed by atoms with Crippen molar-refractivity contribution < 1.29 is 14.7 Å². The predicted molar refractivity (Wildman–Crippen MR) is 78.9 cm³/mol. The second-order valence-electron chi connectivity index (χ2n) is 5.71. The third-order valence-electron chi connectivity index (χ3n) is 2.58. The van der Waals surface area contributed by atoms with E-state index in [0.717, 1.165) is 0 Å². The molecule has 6 heteroatoms. The van der Waals surface area contributed by atoms with Crippen LogP contribution in [0.25, 0.3) is 0 Å². The summed E-state index contributed by atoms with van der Waals surface area (Å²) in [5.74, 6) is -1.25. The van der Waals surface area contributed by atoms with Gasteiger partial charge in [0.25, 0.3) is 0 Å². The zero-order chi connectivity index (χ0) is 15.5. The molecule has 0 aliphatic rings. The lowest BCUT2D eigenvalue weighted by Crippen LogP contribution is -2.43. The minimum atomic E-state index is -1.09. The number of hydrogen-bond acceptors (Lipinski definition) is 4. The fraction of sp³-hybridized carbons (Fsp3) is 0.429. The SMILES string of the molecule is Cc1cc(NCC(=O)NC(C)(C)C)cc(C(=O)O)c1N. The molecule has 0 bridgehead atoms. The van der Waals surface area contributed by atoms with Crippen molar-refractivity contribution in [3.8, 4) is 0 Å². The monoisotopic (exact) mass is 279 g/mol. The third kappa shape index (κ3) is 4.46. The van der Waals surface area contributed by atoms with Crippen LogP contribution in [0.1, 0.15) is 36.7 Å². The van der Waals surface area contributed by atoms with Crippen LogP contribution in [0.2, 0.25) is 0 Å². The number of aryl methyl sites for hydroxylation is 1. The predicted octanol–water partition coefficient (Wildman–Crippen LogP) is 1.60. The molecule has 0 aromatic heterocycles. The van der Waals surface area contributed by atoms with Crippen molar-refractivity contribution in [3.05, 3.63) is 23.3 Å². The van der Waals surface area contributed by atoms with Crippen LogP contribution in [0.4, 0.5) is 11.4 Å². The van der Waals surface area contributed by atoms with Gasteiger partial charge >= 0.3 is 5.97 Å². The number of aromatic carboxylic acids is 1. The van der Waals surface area contributed by atoms with Gasteiger partial charge in [-0.2, -0.15) is 0 Å². The molecular formula is C14H21N3O3. The van der Waals surface area contributed by atoms with Crippen LogP contribution >= 0.6 is 0 Å². The average molecular weight is 279 g/mol. The van der Waals surface area contributed by atoms with E-state index in [1.165, 1.54) is 6.07 Å². The van der Waals surface area contributed by atoms with Gasteiger partial charge in [0.05, 0.1) is 12.1 Å². The van der Waals surface area contributed by atoms with E-state index >= 15 is 0 Å². The maximum atomic E-state index is 11.7. The highest BCUT2D eigenvalue weighted by Gasteiger charge is 2.15. The molecule has 0 unspecified atom stereocenters. The van der Waals surface area contributed by atoms with Crippen molar-refractivity contribution in [2.45, 2.75) is 33.2 Å². The first kappa shape index (κ1) is 15.8. The van der Waals surface area contributed by atoms with Crippen LogP contribution in [0, 0.1) is 6.92 Å². The van der Waals surface area contributed by atoms with Crippen LogP contribution in [0.5, 0.6) is 0 Å². The van der Waals surface area contributed by atoms with Crippen LogP contribution in [0.3, 0.4) is 0 Å². The van der Waals surface area contributed by atoms with Gasteiger partial charge in [-0.1, -0.05) is 0 Å². The number of nitrogen functional groups attached to an aromatic ring is 1. The van der Waals surface area contributed by atoms with Crippen molar-refractivity contribution in [3.63, 3.8) is 0 Å². The topological polar surface area (TPSA) is 104 Å². The molecule has 0 aliphatic heterocycles. The summed E-state index contributed by atoms with van der Waals surface area (Å²) in [7, 11) is 0. The van der Waals surface area contributed by atoms with Gasteiger partial charge < -0.3 is 21.5 Å². The molecule has 1 aromatic rings. The maximum Gasteiger partial charge on any atom is 0.337 e. The van der Waals surface area contributed by atoms with E-state index in [2.05, 4.69) is 10.6 Å². The number of hydrogen-bond donors (Lipinski definition) is 4. The molecule has 0 spiro atoms. The number of carboxylic acids is 1. The van der Waals surface area contributed by atoms with E-state index in [-0.39, 0.29) is 29.2 Å². The molecule has 20 heavy (non-hydrogen) atoms. The quantitative estimate of drug-likeness (QED) is 0.627. The highest BCUT2D eigenvalue weighted by atomic mass is 16.4. The van der Waals surface area contributed by atoms with Gasteiger partial charge in [0, 0.05) is 16.9 Å². The van der Waals surface area contributed by atoms with E-state index < -0.39 is 5.97 Å². The average Bonchev–Trinajstić information content (AvgIpc) is 2.27. The minimum absolute atomic E-state index is 0.0312. The Morgan fingerprint density at radius 2 is 1.90 bits per heavy atom. The summed E-state index contributed by atoms with van der Waals surface area (Å²) < 4.78 is 0. The molecule has 1 aromatic carbocycles. The Morgan fingerprint density at radius 1 is 1.30 bits per heavy atom. The van der Waals surface area contributed by atoms with E-state index in [9.17, 15) is 9.59 Å². The number of nitrogens with one attached hydrogen (secondary N) is 2. The Morgan fingerprint density at radius 3 is 2.40 bits per heavy atom. The zero-order valence-electron chi connectivity index (χ0n) is 12.2. The molecule has 110 valence electrons. The van der Waals surface area contributed by atoms with E-state index in [4.69, 9.17) is 10.8 Å². The molecule has 0 saturated carbocycles. The first-order valence-corrected chi connectivity index (χ1v) is 6.28. The number of carboxylic acid groups (broad SMARTS) is 1. The first-order valence-electron chi connectivity index (χ1n) is 6.28. The van der Waals surface area contributed by atoms with Crippen LogP contribution in [-0.2, 0) is 4.79 Å². The fourth-order valence-corrected chi connectivity index (χ4v) is 1.72. The molecule has 0 aliphatic carbocycles. The maximum absolute atomic E-state index is 11.7. The third-order valence-corrected chi connectivity index (χ3v) is 2.58. The lowest BCUT2D eigenvalue weighted by molar-refractivity contribution is -0.120. The van der Waals surface area contributed by atoms with Gasteiger partial charge in [-0.15, -0.1) is 0 Å². The molecular weight excluding hydrogens is 258 g/mol. The molecule has 5 N–H and O–H groups in total. The van der Waals surface area contributed by atoms with E-state index in [1.807, 2.05) is 20.8 Å². The van der Waals surface area contributed by atoms with Crippen molar-refractivity contribution in [1.82, 2.24) is 5.32 Å². The summed E-state index contributed by atoms with van der Waals surface area (Å²) in [6.07, 6.45) is 0. The van der Waals surface area contributed by atoms with Crippen LogP contribution in [0.15, 0.2) is 12.1 Å². The van der Waals surface area contributed by atoms with Gasteiger partial charge in [0.15, 0.2) is 0 Å². The summed E-state index contributed by atoms with van der Waals surface area (Å²) >= 11 is 0. The van der Waals surface area contributed by atoms with Crippen LogP contribution in [-0.4, -0.2) is 29.1 Å². The minimum Gasteiger partial charge on any atom is -0.478 e. The first-order chi connectivity index (χ1) is 9.10. The molecule has 0 saturated heterocycles. The molecule has 0 fully saturated rings. The standard InChI is InChI=1S/C14H21N3O3/c1-8-5-9(6-10(12(8)15)13(19)20)16-7-11(18)17-14(2,3)4/h5-6,16H,7,15H2,1-4H3,(H,17,18)(H,19,20). The Bertz CT molecular complexity index is 533. The summed E-state index contributed by atoms with van der Waals surface area (Å²) in [6.45, 7) is 7.46. The largest absolute Gasteiger partial charge is 0.478 e. The second-order valence-corrected chi connectivity index (χ2v) is 5.71. The molecule has 0 heterocycles. The number of anilines is 2. The Labute approximate surface area is 118 Å². The lowest BCUT2D eigenvalue weighted by atomic mass is 10.1. The van der Waals surface area contributed by atoms with Crippen molar-refractivity contribution in [2.75, 3.05) is 17.6 Å². The summed E-state index contributed by atoms with van der Waals surface area (Å²) in [4.78, 5) is 22.8. The number of rotatable bonds is 4. The van der Waals surface area contributed by atoms with Crippen LogP contribution < -0.4 is 16.4 Å². The fourth-order valence-electron chi connectivity index (χ4n) is 1.72. The number of nitrogens with two attached hydrogens (primary N) is 1. The number of carbonyl (C=O) groups excluding carboxylic acids is 1. The zero-order valence-corrected chi connectivity index (χ0v) is 12.2. The Hall–Kier alpha value is -2.24. The van der Waals surface area contributed by atoms with Gasteiger partial charge in [-0.25, -0.2) is 4.79 Å². The van der Waals surface area contributed by atoms with Crippen molar-refractivity contribution in [2.24, 2.45) is 0 Å². The summed E-state index contributed by atoms with van der Waals surface area (Å²) in [6, 6.07) is 3.14. The van der Waals surface area contributed by atoms with Crippen molar-refractivity contribution in [1.29, 1.82) is 0 Å². The highest BCUT2D eigenvalue weighted by molar-refractivity contribution is 5.96. The van der Waals surface area contributed by atoms with E-state index in [1.54, 1.807) is 13.0 Å². The molecule has 0 atom stereocenters. The summed E-state index contributed by atoms with van der Waals surface area (Å²) in [5.41, 5.74) is 6.88. The lowest BCUT2D eigenvalue weighted by Gasteiger charge is -2.21. The Balaban J connectivity index is 2.79. The molecule has 1 amide bonds. The second kappa shape index (κ2) is 5.81. The molecule has 0 radical (unpaired) electrons. The van der Waals surface area contributed by atoms with Gasteiger partial charge in [-0.3, -0.25) is 4.79 Å². The van der Waals surface area contributed by atoms with E-state index in [0.29, 0.717) is 11.3 Å². The number of carbonyl (C=O) groups is 2. The number of benzene rings is 1.